The Morgan fingerprint density at radius 1 is 0.936 bits per heavy atom. The van der Waals surface area contributed by atoms with Crippen LogP contribution < -0.4 is 14.9 Å². The first-order chi connectivity index (χ1) is 22.7. The van der Waals surface area contributed by atoms with Gasteiger partial charge in [-0.25, -0.2) is 0 Å². The average Bonchev–Trinajstić information content (AvgIpc) is 3.02. The van der Waals surface area contributed by atoms with Crippen molar-refractivity contribution in [2.45, 2.75) is 118 Å². The molecule has 3 N–H and O–H groups in total. The molecule has 0 aliphatic carbocycles. The van der Waals surface area contributed by atoms with Gasteiger partial charge in [0.15, 0.2) is 5.76 Å². The predicted octanol–water partition coefficient (Wildman–Crippen LogP) is 9.12. The molecule has 0 spiro atoms. The summed E-state index contributed by atoms with van der Waals surface area (Å²) in [6, 6.07) is 2.78. The lowest BCUT2D eigenvalue weighted by Crippen LogP contribution is -2.17. The molecule has 1 aromatic heterocycles. The van der Waals surface area contributed by atoms with Crippen molar-refractivity contribution >= 4 is 22.5 Å². The van der Waals surface area contributed by atoms with Crippen molar-refractivity contribution in [1.82, 2.24) is 0 Å². The molecule has 1 atom stereocenters. The van der Waals surface area contributed by atoms with E-state index in [1.807, 2.05) is 27.7 Å². The summed E-state index contributed by atoms with van der Waals surface area (Å²) in [7, 11) is 0. The van der Waals surface area contributed by atoms with Gasteiger partial charge in [-0.05, 0) is 65.4 Å². The van der Waals surface area contributed by atoms with Gasteiger partial charge in [0.25, 0.3) is 0 Å². The number of phenols is 1. The number of benzene rings is 1. The Hall–Kier alpha value is -3.88. The minimum absolute atomic E-state index is 0.0193. The van der Waals surface area contributed by atoms with Crippen LogP contribution in [-0.2, 0) is 4.79 Å². The van der Waals surface area contributed by atoms with Gasteiger partial charge in [0.2, 0.25) is 11.2 Å². The van der Waals surface area contributed by atoms with Crippen molar-refractivity contribution in [3.8, 4) is 17.2 Å². The zero-order valence-corrected chi connectivity index (χ0v) is 29.2. The van der Waals surface area contributed by atoms with Crippen LogP contribution in [0.3, 0.4) is 0 Å². The highest BCUT2D eigenvalue weighted by atomic mass is 16.5. The standard InChI is InChI=1S/C37H50O8.C2H6/c1-5-6-7-8-9-10-11-12-13-14-15-16-17-18-19-20-33(41)45-37-35(42)34-31(40)25-30(43-27(2)3)26-32(34)44-36(37)29(23-24-38)22-21-28(4)39;1-2/h6-7,9-10,12-13,21-23,25-28,38-40H,5,8,11,14-20,24H2,1-4H3;1-2H3/b7-6-,10-9-,13-12-,22-21-,29-23+;. The van der Waals surface area contributed by atoms with Crippen LogP contribution in [0.5, 0.6) is 17.2 Å². The number of rotatable bonds is 20. The van der Waals surface area contributed by atoms with Gasteiger partial charge in [0.05, 0.1) is 18.8 Å². The van der Waals surface area contributed by atoms with Gasteiger partial charge < -0.3 is 29.2 Å². The van der Waals surface area contributed by atoms with Crippen molar-refractivity contribution < 1.29 is 34.0 Å². The highest BCUT2D eigenvalue weighted by Crippen LogP contribution is 2.35. The molecule has 0 aliphatic rings. The lowest BCUT2D eigenvalue weighted by Gasteiger charge is -2.14. The Kier molecular flexibility index (Phi) is 21.3. The lowest BCUT2D eigenvalue weighted by molar-refractivity contribution is -0.134. The van der Waals surface area contributed by atoms with E-state index in [1.165, 1.54) is 30.4 Å². The fraction of sp³-hybridized carbons (Fsp3) is 0.487. The van der Waals surface area contributed by atoms with Gasteiger partial charge in [-0.1, -0.05) is 88.6 Å². The van der Waals surface area contributed by atoms with Crippen molar-refractivity contribution in [2.24, 2.45) is 0 Å². The number of allylic oxidation sites excluding steroid dienone is 8. The summed E-state index contributed by atoms with van der Waals surface area (Å²) in [5.74, 6) is -1.19. The van der Waals surface area contributed by atoms with Crippen LogP contribution in [0.25, 0.3) is 16.5 Å². The molecular weight excluding hydrogens is 596 g/mol. The molecule has 0 saturated heterocycles. The first kappa shape index (κ1) is 41.1. The van der Waals surface area contributed by atoms with Crippen LogP contribution in [0, 0.1) is 0 Å². The second kappa shape index (κ2) is 24.3. The Morgan fingerprint density at radius 3 is 2.21 bits per heavy atom. The molecule has 0 saturated carbocycles. The zero-order chi connectivity index (χ0) is 35.0. The number of hydrogen-bond donors (Lipinski definition) is 3. The van der Waals surface area contributed by atoms with E-state index < -0.39 is 29.9 Å². The van der Waals surface area contributed by atoms with Crippen molar-refractivity contribution in [2.75, 3.05) is 6.61 Å². The summed E-state index contributed by atoms with van der Waals surface area (Å²) in [6.45, 7) is 10.9. The topological polar surface area (TPSA) is 126 Å². The lowest BCUT2D eigenvalue weighted by atomic mass is 10.1. The quantitative estimate of drug-likeness (QED) is 0.0560. The third kappa shape index (κ3) is 16.0. The number of hydrogen-bond acceptors (Lipinski definition) is 8. The Morgan fingerprint density at radius 2 is 1.57 bits per heavy atom. The maximum absolute atomic E-state index is 13.6. The van der Waals surface area contributed by atoms with Crippen LogP contribution in [0.15, 0.2) is 76.0 Å². The maximum Gasteiger partial charge on any atom is 0.311 e. The highest BCUT2D eigenvalue weighted by Gasteiger charge is 2.23. The molecule has 47 heavy (non-hydrogen) atoms. The molecule has 2 aromatic rings. The summed E-state index contributed by atoms with van der Waals surface area (Å²) < 4.78 is 17.2. The number of fused-ring (bicyclic) bond motifs is 1. The number of aliphatic hydroxyl groups is 2. The average molecular weight is 653 g/mol. The van der Waals surface area contributed by atoms with E-state index in [-0.39, 0.29) is 40.6 Å². The van der Waals surface area contributed by atoms with E-state index in [2.05, 4.69) is 43.4 Å². The van der Waals surface area contributed by atoms with E-state index in [4.69, 9.17) is 13.9 Å². The summed E-state index contributed by atoms with van der Waals surface area (Å²) in [5, 5.41) is 29.9. The number of carbonyl (C=O) groups is 1. The third-order valence-electron chi connectivity index (χ3n) is 6.65. The van der Waals surface area contributed by atoms with Crippen LogP contribution in [0.2, 0.25) is 0 Å². The number of carbonyl (C=O) groups excluding carboxylic acids is 1. The van der Waals surface area contributed by atoms with Crippen LogP contribution in [-0.4, -0.2) is 40.1 Å². The smallest absolute Gasteiger partial charge is 0.311 e. The van der Waals surface area contributed by atoms with Gasteiger partial charge in [0, 0.05) is 24.1 Å². The Labute approximate surface area is 280 Å². The van der Waals surface area contributed by atoms with E-state index in [0.717, 1.165) is 51.4 Å². The molecule has 0 fully saturated rings. The van der Waals surface area contributed by atoms with Gasteiger partial charge in [0.1, 0.15) is 22.5 Å². The monoisotopic (exact) mass is 652 g/mol. The summed E-state index contributed by atoms with van der Waals surface area (Å²) in [4.78, 5) is 26.4. The molecule has 8 heteroatoms. The molecule has 2 rings (SSSR count). The van der Waals surface area contributed by atoms with Crippen LogP contribution >= 0.6 is 0 Å². The van der Waals surface area contributed by atoms with Crippen LogP contribution in [0.4, 0.5) is 0 Å². The number of esters is 1. The van der Waals surface area contributed by atoms with Gasteiger partial charge >= 0.3 is 5.97 Å². The highest BCUT2D eigenvalue weighted by molar-refractivity contribution is 5.89. The number of aromatic hydroxyl groups is 1. The maximum atomic E-state index is 13.6. The molecule has 1 heterocycles. The van der Waals surface area contributed by atoms with E-state index in [1.54, 1.807) is 6.92 Å². The number of aliphatic hydroxyl groups excluding tert-OH is 2. The molecule has 0 bridgehead atoms. The zero-order valence-electron chi connectivity index (χ0n) is 29.2. The molecule has 0 amide bonds. The minimum Gasteiger partial charge on any atom is -0.507 e. The van der Waals surface area contributed by atoms with Crippen molar-refractivity contribution in [3.63, 3.8) is 0 Å². The second-order valence-corrected chi connectivity index (χ2v) is 11.1. The number of ether oxygens (including phenoxy) is 2. The fourth-order valence-corrected chi connectivity index (χ4v) is 4.51. The SMILES string of the molecule is CC.CC/C=C\C/C=C\C/C=C\CCCCCCCC(=O)Oc1c(C(/C=C\C(C)O)=C/CO)oc2cc(OC(C)C)cc(O)c2c1=O. The first-order valence-corrected chi connectivity index (χ1v) is 17.0. The fourth-order valence-electron chi connectivity index (χ4n) is 4.51. The second-order valence-electron chi connectivity index (χ2n) is 11.1. The molecule has 0 radical (unpaired) electrons. The van der Waals surface area contributed by atoms with E-state index in [9.17, 15) is 24.9 Å². The summed E-state index contributed by atoms with van der Waals surface area (Å²) >= 11 is 0. The molecular formula is C39H56O8. The summed E-state index contributed by atoms with van der Waals surface area (Å²) in [6.07, 6.45) is 25.0. The van der Waals surface area contributed by atoms with Gasteiger partial charge in [-0.15, -0.1) is 0 Å². The van der Waals surface area contributed by atoms with Crippen molar-refractivity contribution in [3.05, 3.63) is 82.8 Å². The largest absolute Gasteiger partial charge is 0.507 e. The molecule has 260 valence electrons. The van der Waals surface area contributed by atoms with E-state index >= 15 is 0 Å². The third-order valence-corrected chi connectivity index (χ3v) is 6.65. The molecule has 1 aromatic carbocycles. The molecule has 0 aliphatic heterocycles. The van der Waals surface area contributed by atoms with Crippen molar-refractivity contribution in [1.29, 1.82) is 0 Å². The van der Waals surface area contributed by atoms with Gasteiger partial charge in [-0.3, -0.25) is 9.59 Å². The number of phenolic OH excluding ortho intramolecular Hbond substituents is 1. The summed E-state index contributed by atoms with van der Waals surface area (Å²) in [5.41, 5.74) is -0.491. The van der Waals surface area contributed by atoms with E-state index in [0.29, 0.717) is 12.2 Å². The minimum atomic E-state index is -0.823. The Balaban J connectivity index is 0.00000541. The normalized spacial score (nSPS) is 12.9. The predicted molar refractivity (Wildman–Crippen MR) is 192 cm³/mol. The van der Waals surface area contributed by atoms with Crippen LogP contribution in [0.1, 0.15) is 112 Å². The molecule has 8 nitrogen and oxygen atoms in total. The molecule has 1 unspecified atom stereocenters. The van der Waals surface area contributed by atoms with Gasteiger partial charge in [-0.2, -0.15) is 0 Å². The first-order valence-electron chi connectivity index (χ1n) is 17.0. The Bertz CT molecular complexity index is 1410. The number of unbranched alkanes of at least 4 members (excludes halogenated alkanes) is 5.